The summed E-state index contributed by atoms with van der Waals surface area (Å²) in [5, 5.41) is 9.32. The van der Waals surface area contributed by atoms with E-state index in [1.165, 1.54) is 57.8 Å². The summed E-state index contributed by atoms with van der Waals surface area (Å²) in [5.41, 5.74) is 0.0747. The molecule has 0 aliphatic rings. The largest absolute Gasteiger partial charge is 0.481 e. The smallest absolute Gasteiger partial charge is 0.303 e. The molecule has 0 aliphatic heterocycles. The van der Waals surface area contributed by atoms with E-state index in [1.807, 2.05) is 0 Å². The molecule has 0 amide bonds. The first kappa shape index (κ1) is 19.5. The van der Waals surface area contributed by atoms with E-state index < -0.39 is 5.97 Å². The maximum atomic E-state index is 11.3. The van der Waals surface area contributed by atoms with E-state index in [0.717, 1.165) is 19.3 Å². The Morgan fingerprint density at radius 1 is 0.750 bits per heavy atom. The fourth-order valence-electron chi connectivity index (χ4n) is 3.21. The Morgan fingerprint density at radius 2 is 1.10 bits per heavy atom. The zero-order valence-corrected chi connectivity index (χ0v) is 14.0. The summed E-state index contributed by atoms with van der Waals surface area (Å²) >= 11 is 0. The average molecular weight is 284 g/mol. The highest BCUT2D eigenvalue weighted by molar-refractivity contribution is 5.67. The van der Waals surface area contributed by atoms with Gasteiger partial charge >= 0.3 is 5.97 Å². The van der Waals surface area contributed by atoms with Crippen molar-refractivity contribution in [2.45, 2.75) is 104 Å². The number of hydrogen-bond donors (Lipinski definition) is 1. The van der Waals surface area contributed by atoms with Crippen molar-refractivity contribution in [1.29, 1.82) is 0 Å². The molecule has 0 radical (unpaired) electrons. The second-order valence-corrected chi connectivity index (χ2v) is 6.44. The van der Waals surface area contributed by atoms with Crippen molar-refractivity contribution >= 4 is 5.97 Å². The van der Waals surface area contributed by atoms with Gasteiger partial charge in [-0.1, -0.05) is 78.6 Å². The van der Waals surface area contributed by atoms with E-state index >= 15 is 0 Å². The van der Waals surface area contributed by atoms with Gasteiger partial charge < -0.3 is 5.11 Å². The molecule has 0 bridgehead atoms. The highest BCUT2D eigenvalue weighted by Gasteiger charge is 2.31. The van der Waals surface area contributed by atoms with Crippen LogP contribution in [0.5, 0.6) is 0 Å². The molecule has 120 valence electrons. The van der Waals surface area contributed by atoms with E-state index in [4.69, 9.17) is 0 Å². The molecule has 0 atom stereocenters. The van der Waals surface area contributed by atoms with E-state index in [2.05, 4.69) is 20.8 Å². The molecular weight excluding hydrogens is 248 g/mol. The van der Waals surface area contributed by atoms with Crippen molar-refractivity contribution in [2.75, 3.05) is 0 Å². The van der Waals surface area contributed by atoms with Crippen LogP contribution in [-0.4, -0.2) is 11.1 Å². The third-order valence-corrected chi connectivity index (χ3v) is 4.46. The lowest BCUT2D eigenvalue weighted by atomic mass is 9.72. The minimum absolute atomic E-state index is 0.0747. The van der Waals surface area contributed by atoms with Crippen LogP contribution in [0.2, 0.25) is 0 Å². The average Bonchev–Trinajstić information content (AvgIpc) is 2.39. The molecule has 0 aliphatic carbocycles. The summed E-state index contributed by atoms with van der Waals surface area (Å²) in [7, 11) is 0. The van der Waals surface area contributed by atoms with Crippen LogP contribution in [0.15, 0.2) is 0 Å². The first-order chi connectivity index (χ1) is 9.60. The Bertz CT molecular complexity index is 209. The van der Waals surface area contributed by atoms with E-state index in [-0.39, 0.29) is 5.41 Å². The van der Waals surface area contributed by atoms with E-state index in [1.54, 1.807) is 0 Å². The molecular formula is C18H36O2. The molecule has 0 spiro atoms. The molecule has 0 aromatic carbocycles. The molecule has 2 nitrogen and oxygen atoms in total. The molecule has 1 N–H and O–H groups in total. The van der Waals surface area contributed by atoms with Crippen molar-refractivity contribution in [3.8, 4) is 0 Å². The molecule has 2 heteroatoms. The van der Waals surface area contributed by atoms with E-state index in [9.17, 15) is 9.90 Å². The molecule has 0 saturated heterocycles. The molecule has 0 heterocycles. The first-order valence-corrected chi connectivity index (χ1v) is 8.82. The number of unbranched alkanes of at least 4 members (excludes halogenated alkanes) is 6. The minimum atomic E-state index is -0.602. The van der Waals surface area contributed by atoms with Gasteiger partial charge in [-0.05, 0) is 24.7 Å². The number of rotatable bonds is 14. The molecule has 0 unspecified atom stereocenters. The molecule has 0 aromatic heterocycles. The topological polar surface area (TPSA) is 37.3 Å². The minimum Gasteiger partial charge on any atom is -0.481 e. The summed E-state index contributed by atoms with van der Waals surface area (Å²) in [4.78, 5) is 11.3. The molecule has 0 saturated carbocycles. The van der Waals surface area contributed by atoms with Crippen LogP contribution < -0.4 is 0 Å². The number of aliphatic carboxylic acids is 1. The maximum absolute atomic E-state index is 11.3. The van der Waals surface area contributed by atoms with Crippen molar-refractivity contribution in [3.63, 3.8) is 0 Å². The molecule has 0 rings (SSSR count). The Morgan fingerprint density at radius 3 is 1.35 bits per heavy atom. The fraction of sp³-hybridized carbons (Fsp3) is 0.944. The highest BCUT2D eigenvalue weighted by Crippen LogP contribution is 2.40. The zero-order chi connectivity index (χ0) is 15.3. The first-order valence-electron chi connectivity index (χ1n) is 8.82. The van der Waals surface area contributed by atoms with Gasteiger partial charge in [-0.2, -0.15) is 0 Å². The van der Waals surface area contributed by atoms with Gasteiger partial charge in [0.2, 0.25) is 0 Å². The van der Waals surface area contributed by atoms with Crippen molar-refractivity contribution < 1.29 is 9.90 Å². The molecule has 0 fully saturated rings. The van der Waals surface area contributed by atoms with Crippen LogP contribution in [0, 0.1) is 5.41 Å². The van der Waals surface area contributed by atoms with Crippen molar-refractivity contribution in [3.05, 3.63) is 0 Å². The lowest BCUT2D eigenvalue weighted by molar-refractivity contribution is -0.140. The quantitative estimate of drug-likeness (QED) is 0.386. The van der Waals surface area contributed by atoms with Gasteiger partial charge in [-0.15, -0.1) is 0 Å². The molecule has 0 aromatic rings. The number of hydrogen-bond acceptors (Lipinski definition) is 1. The second-order valence-electron chi connectivity index (χ2n) is 6.44. The van der Waals surface area contributed by atoms with Gasteiger partial charge in [0.15, 0.2) is 0 Å². The third kappa shape index (κ3) is 9.39. The fourth-order valence-corrected chi connectivity index (χ4v) is 3.21. The summed E-state index contributed by atoms with van der Waals surface area (Å²) in [6.07, 6.45) is 14.7. The number of carbonyl (C=O) groups is 1. The number of carboxylic acids is 1. The lowest BCUT2D eigenvalue weighted by Crippen LogP contribution is -2.25. The van der Waals surface area contributed by atoms with Crippen molar-refractivity contribution in [1.82, 2.24) is 0 Å². The third-order valence-electron chi connectivity index (χ3n) is 4.46. The van der Waals surface area contributed by atoms with E-state index in [0.29, 0.717) is 6.42 Å². The monoisotopic (exact) mass is 284 g/mol. The number of carboxylic acid groups (broad SMARTS) is 1. The predicted molar refractivity (Wildman–Crippen MR) is 87.1 cm³/mol. The van der Waals surface area contributed by atoms with Crippen LogP contribution in [0.4, 0.5) is 0 Å². The highest BCUT2D eigenvalue weighted by atomic mass is 16.4. The Balaban J connectivity index is 4.61. The standard InChI is InChI=1S/C18H36O2/c1-4-7-10-13-18(16-17(19)20,14-11-8-5-2)15-12-9-6-3/h4-16H2,1-3H3,(H,19,20). The molecule has 20 heavy (non-hydrogen) atoms. The van der Waals surface area contributed by atoms with Gasteiger partial charge in [-0.3, -0.25) is 4.79 Å². The second kappa shape index (κ2) is 12.2. The van der Waals surface area contributed by atoms with Gasteiger partial charge in [-0.25, -0.2) is 0 Å². The Labute approximate surface area is 126 Å². The summed E-state index contributed by atoms with van der Waals surface area (Å²) in [6, 6.07) is 0. The maximum Gasteiger partial charge on any atom is 0.303 e. The summed E-state index contributed by atoms with van der Waals surface area (Å²) < 4.78 is 0. The normalized spacial score (nSPS) is 11.8. The zero-order valence-electron chi connectivity index (χ0n) is 14.0. The van der Waals surface area contributed by atoms with Gasteiger partial charge in [0.25, 0.3) is 0 Å². The SMILES string of the molecule is CCCCCC(CCCCC)(CCCCC)CC(=O)O. The van der Waals surface area contributed by atoms with Crippen LogP contribution in [0.25, 0.3) is 0 Å². The Kier molecular flexibility index (Phi) is 11.9. The predicted octanol–water partition coefficient (Wildman–Crippen LogP) is 6.19. The summed E-state index contributed by atoms with van der Waals surface area (Å²) in [6.45, 7) is 6.65. The lowest BCUT2D eigenvalue weighted by Gasteiger charge is -2.33. The van der Waals surface area contributed by atoms with Gasteiger partial charge in [0, 0.05) is 0 Å². The van der Waals surface area contributed by atoms with Gasteiger partial charge in [0.05, 0.1) is 6.42 Å². The van der Waals surface area contributed by atoms with Gasteiger partial charge in [0.1, 0.15) is 0 Å². The van der Waals surface area contributed by atoms with Crippen LogP contribution in [-0.2, 0) is 4.79 Å². The Hall–Kier alpha value is -0.530. The van der Waals surface area contributed by atoms with Crippen LogP contribution in [0.3, 0.4) is 0 Å². The van der Waals surface area contributed by atoms with Crippen LogP contribution >= 0.6 is 0 Å². The summed E-state index contributed by atoms with van der Waals surface area (Å²) in [5.74, 6) is -0.602. The van der Waals surface area contributed by atoms with Crippen molar-refractivity contribution in [2.24, 2.45) is 5.41 Å². The van der Waals surface area contributed by atoms with Crippen LogP contribution in [0.1, 0.15) is 104 Å².